The van der Waals surface area contributed by atoms with E-state index in [9.17, 15) is 14.9 Å². The number of nitrogens with one attached hydrogen (secondary N) is 1. The molecule has 0 aliphatic heterocycles. The Bertz CT molecular complexity index is 436. The number of nitrogens with zero attached hydrogens (tertiary/aromatic N) is 1. The molecule has 0 fully saturated rings. The first-order valence-corrected chi connectivity index (χ1v) is 5.33. The molecule has 0 spiro atoms. The van der Waals surface area contributed by atoms with Crippen molar-refractivity contribution in [3.63, 3.8) is 0 Å². The van der Waals surface area contributed by atoms with Crippen molar-refractivity contribution in [1.29, 1.82) is 0 Å². The smallest absolute Gasteiger partial charge is 0.324 e. The normalized spacial score (nSPS) is 11.9. The van der Waals surface area contributed by atoms with E-state index < -0.39 is 16.9 Å². The lowest BCUT2D eigenvalue weighted by atomic mass is 10.2. The van der Waals surface area contributed by atoms with Gasteiger partial charge < -0.3 is 10.5 Å². The fraction of sp³-hybridized carbons (Fsp3) is 0.364. The molecule has 1 atom stereocenters. The topological polar surface area (TPSA) is 107 Å². The standard InChI is InChI=1S/C11H15N3O4/c1-18-11(15)10(6-12)13-7-8-3-2-4-9(5-8)14(16)17/h2-5,10,13H,6-7,12H2,1H3. The molecular formula is C11H15N3O4. The van der Waals surface area contributed by atoms with Gasteiger partial charge in [-0.25, -0.2) is 0 Å². The minimum atomic E-state index is -0.616. The summed E-state index contributed by atoms with van der Waals surface area (Å²) in [6.07, 6.45) is 0. The van der Waals surface area contributed by atoms with Gasteiger partial charge in [0.05, 0.1) is 12.0 Å². The zero-order chi connectivity index (χ0) is 13.5. The van der Waals surface area contributed by atoms with Crippen molar-refractivity contribution in [2.24, 2.45) is 5.73 Å². The van der Waals surface area contributed by atoms with E-state index in [2.05, 4.69) is 10.1 Å². The molecule has 0 aliphatic rings. The van der Waals surface area contributed by atoms with Crippen LogP contribution in [0.25, 0.3) is 0 Å². The maximum atomic E-state index is 11.3. The van der Waals surface area contributed by atoms with E-state index in [1.165, 1.54) is 19.2 Å². The van der Waals surface area contributed by atoms with Crippen LogP contribution in [-0.4, -0.2) is 30.6 Å². The van der Waals surface area contributed by atoms with E-state index in [1.807, 2.05) is 0 Å². The van der Waals surface area contributed by atoms with Gasteiger partial charge in [-0.15, -0.1) is 0 Å². The fourth-order valence-electron chi connectivity index (χ4n) is 1.43. The number of benzene rings is 1. The molecule has 1 aromatic rings. The molecule has 18 heavy (non-hydrogen) atoms. The van der Waals surface area contributed by atoms with Crippen molar-refractivity contribution in [3.8, 4) is 0 Å². The number of carbonyl (C=O) groups excluding carboxylic acids is 1. The Hall–Kier alpha value is -1.99. The minimum Gasteiger partial charge on any atom is -0.468 e. The molecule has 1 rings (SSSR count). The van der Waals surface area contributed by atoms with Gasteiger partial charge in [0.2, 0.25) is 0 Å². The SMILES string of the molecule is COC(=O)C(CN)NCc1cccc([N+](=O)[O-])c1. The zero-order valence-corrected chi connectivity index (χ0v) is 9.96. The third-order valence-corrected chi connectivity index (χ3v) is 2.40. The summed E-state index contributed by atoms with van der Waals surface area (Å²) in [5.74, 6) is -0.456. The van der Waals surface area contributed by atoms with Gasteiger partial charge in [0.15, 0.2) is 0 Å². The lowest BCUT2D eigenvalue weighted by Gasteiger charge is -2.14. The molecule has 0 heterocycles. The first-order valence-electron chi connectivity index (χ1n) is 5.33. The first-order chi connectivity index (χ1) is 8.58. The molecule has 7 nitrogen and oxygen atoms in total. The van der Waals surface area contributed by atoms with Crippen molar-refractivity contribution in [2.45, 2.75) is 12.6 Å². The maximum Gasteiger partial charge on any atom is 0.324 e. The van der Waals surface area contributed by atoms with Crippen molar-refractivity contribution >= 4 is 11.7 Å². The van der Waals surface area contributed by atoms with Crippen LogP contribution in [0.3, 0.4) is 0 Å². The lowest BCUT2D eigenvalue weighted by Crippen LogP contribution is -2.42. The van der Waals surface area contributed by atoms with Gasteiger partial charge in [-0.05, 0) is 5.56 Å². The Kier molecular flexibility index (Phi) is 5.22. The number of nitro groups is 1. The average Bonchev–Trinajstić information content (AvgIpc) is 2.39. The minimum absolute atomic E-state index is 0.0108. The molecule has 0 saturated heterocycles. The van der Waals surface area contributed by atoms with Crippen molar-refractivity contribution < 1.29 is 14.5 Å². The molecule has 0 amide bonds. The highest BCUT2D eigenvalue weighted by Crippen LogP contribution is 2.12. The van der Waals surface area contributed by atoms with Crippen LogP contribution in [0.15, 0.2) is 24.3 Å². The summed E-state index contributed by atoms with van der Waals surface area (Å²) in [6, 6.07) is 5.55. The highest BCUT2D eigenvalue weighted by molar-refractivity contribution is 5.75. The number of hydrogen-bond acceptors (Lipinski definition) is 6. The van der Waals surface area contributed by atoms with Crippen LogP contribution in [0.2, 0.25) is 0 Å². The summed E-state index contributed by atoms with van der Waals surface area (Å²) in [7, 11) is 1.28. The second kappa shape index (κ2) is 6.67. The van der Waals surface area contributed by atoms with Crippen LogP contribution in [0, 0.1) is 10.1 Å². The highest BCUT2D eigenvalue weighted by Gasteiger charge is 2.16. The quantitative estimate of drug-likeness (QED) is 0.425. The Morgan fingerprint density at radius 2 is 2.33 bits per heavy atom. The number of nitrogens with two attached hydrogens (primary N) is 1. The lowest BCUT2D eigenvalue weighted by molar-refractivity contribution is -0.384. The molecule has 3 N–H and O–H groups in total. The van der Waals surface area contributed by atoms with Crippen LogP contribution in [0.1, 0.15) is 5.56 Å². The van der Waals surface area contributed by atoms with E-state index in [0.717, 1.165) is 0 Å². The summed E-state index contributed by atoms with van der Waals surface area (Å²) in [4.78, 5) is 21.4. The third-order valence-electron chi connectivity index (χ3n) is 2.40. The summed E-state index contributed by atoms with van der Waals surface area (Å²) in [5.41, 5.74) is 6.13. The number of non-ortho nitro benzene ring substituents is 1. The van der Waals surface area contributed by atoms with Gasteiger partial charge in [-0.2, -0.15) is 0 Å². The molecule has 7 heteroatoms. The number of methoxy groups -OCH3 is 1. The number of carbonyl (C=O) groups is 1. The molecule has 0 bridgehead atoms. The first kappa shape index (κ1) is 14.1. The Morgan fingerprint density at radius 3 is 2.89 bits per heavy atom. The van der Waals surface area contributed by atoms with Crippen LogP contribution in [-0.2, 0) is 16.1 Å². The van der Waals surface area contributed by atoms with Crippen molar-refractivity contribution in [2.75, 3.05) is 13.7 Å². The largest absolute Gasteiger partial charge is 0.468 e. The Balaban J connectivity index is 2.65. The number of ether oxygens (including phenoxy) is 1. The van der Waals surface area contributed by atoms with Crippen LogP contribution in [0.5, 0.6) is 0 Å². The van der Waals surface area contributed by atoms with E-state index in [1.54, 1.807) is 12.1 Å². The molecule has 0 saturated carbocycles. The van der Waals surface area contributed by atoms with Gasteiger partial charge in [0.25, 0.3) is 5.69 Å². The van der Waals surface area contributed by atoms with E-state index in [4.69, 9.17) is 5.73 Å². The highest BCUT2D eigenvalue weighted by atomic mass is 16.6. The second-order valence-electron chi connectivity index (χ2n) is 3.62. The van der Waals surface area contributed by atoms with E-state index >= 15 is 0 Å². The second-order valence-corrected chi connectivity index (χ2v) is 3.62. The van der Waals surface area contributed by atoms with Gasteiger partial charge in [-0.1, -0.05) is 12.1 Å². The molecule has 1 unspecified atom stereocenters. The van der Waals surface area contributed by atoms with Crippen molar-refractivity contribution in [3.05, 3.63) is 39.9 Å². The Labute approximate surface area is 104 Å². The molecular weight excluding hydrogens is 238 g/mol. The molecule has 0 aliphatic carbocycles. The van der Waals surface area contributed by atoms with E-state index in [0.29, 0.717) is 12.1 Å². The maximum absolute atomic E-state index is 11.3. The molecule has 0 aromatic heterocycles. The molecule has 1 aromatic carbocycles. The van der Waals surface area contributed by atoms with Crippen LogP contribution < -0.4 is 11.1 Å². The summed E-state index contributed by atoms with van der Waals surface area (Å²) in [5, 5.41) is 13.5. The van der Waals surface area contributed by atoms with Gasteiger partial charge in [0, 0.05) is 25.2 Å². The molecule has 98 valence electrons. The zero-order valence-electron chi connectivity index (χ0n) is 9.96. The summed E-state index contributed by atoms with van der Waals surface area (Å²) in [6.45, 7) is 0.403. The summed E-state index contributed by atoms with van der Waals surface area (Å²) < 4.78 is 4.56. The van der Waals surface area contributed by atoms with Gasteiger partial charge >= 0.3 is 5.97 Å². The number of esters is 1. The number of rotatable bonds is 6. The van der Waals surface area contributed by atoms with Gasteiger partial charge in [0.1, 0.15) is 6.04 Å². The van der Waals surface area contributed by atoms with Crippen LogP contribution in [0.4, 0.5) is 5.69 Å². The predicted octanol–water partition coefficient (Wildman–Crippen LogP) is 0.185. The fourth-order valence-corrected chi connectivity index (χ4v) is 1.43. The Morgan fingerprint density at radius 1 is 1.61 bits per heavy atom. The average molecular weight is 253 g/mol. The molecule has 0 radical (unpaired) electrons. The van der Waals surface area contributed by atoms with E-state index in [-0.39, 0.29) is 12.2 Å². The van der Waals surface area contributed by atoms with Gasteiger partial charge in [-0.3, -0.25) is 20.2 Å². The predicted molar refractivity (Wildman–Crippen MR) is 64.8 cm³/mol. The summed E-state index contributed by atoms with van der Waals surface area (Å²) >= 11 is 0. The number of hydrogen-bond donors (Lipinski definition) is 2. The van der Waals surface area contributed by atoms with Crippen LogP contribution >= 0.6 is 0 Å². The number of nitro benzene ring substituents is 1. The van der Waals surface area contributed by atoms with Crippen molar-refractivity contribution in [1.82, 2.24) is 5.32 Å². The third kappa shape index (κ3) is 3.79. The monoisotopic (exact) mass is 253 g/mol.